The Morgan fingerprint density at radius 3 is 3.04 bits per heavy atom. The molecule has 1 unspecified atom stereocenters. The van der Waals surface area contributed by atoms with Crippen LogP contribution in [0.15, 0.2) is 45.8 Å². The number of fused-ring (bicyclic) bond motifs is 6. The molecule has 9 nitrogen and oxygen atoms in total. The number of rotatable bonds is 2. The zero-order chi connectivity index (χ0) is 18.0. The predicted molar refractivity (Wildman–Crippen MR) is 97.8 cm³/mol. The average molecular weight is 386 g/mol. The maximum atomic E-state index is 6.29. The number of para-hydroxylation sites is 1. The molecule has 1 aromatic heterocycles. The fraction of sp³-hybridized carbons (Fsp3) is 0.353. The molecule has 27 heavy (non-hydrogen) atoms. The van der Waals surface area contributed by atoms with Crippen LogP contribution in [0.25, 0.3) is 0 Å². The van der Waals surface area contributed by atoms with E-state index >= 15 is 0 Å². The van der Waals surface area contributed by atoms with Crippen LogP contribution >= 0.6 is 11.8 Å². The molecule has 4 aliphatic heterocycles. The van der Waals surface area contributed by atoms with Gasteiger partial charge < -0.3 is 14.2 Å². The highest BCUT2D eigenvalue weighted by atomic mass is 35.5. The molecule has 2 aromatic rings. The number of ether oxygens (including phenoxy) is 1. The summed E-state index contributed by atoms with van der Waals surface area (Å²) in [5.74, 6) is 2.63. The van der Waals surface area contributed by atoms with Crippen molar-refractivity contribution < 1.29 is 9.26 Å². The zero-order valence-corrected chi connectivity index (χ0v) is 15.1. The molecule has 1 atom stereocenters. The van der Waals surface area contributed by atoms with E-state index in [9.17, 15) is 0 Å². The molecule has 6 rings (SSSR count). The van der Waals surface area contributed by atoms with Gasteiger partial charge in [-0.1, -0.05) is 17.3 Å². The Kier molecular flexibility index (Phi) is 3.18. The van der Waals surface area contributed by atoms with Gasteiger partial charge in [-0.25, -0.2) is 15.0 Å². The molecule has 0 spiro atoms. The minimum absolute atomic E-state index is 0.188. The van der Waals surface area contributed by atoms with Gasteiger partial charge in [0.15, 0.2) is 17.5 Å². The fourth-order valence-electron chi connectivity index (χ4n) is 3.90. The van der Waals surface area contributed by atoms with E-state index < -0.39 is 0 Å². The second kappa shape index (κ2) is 5.61. The molecule has 0 saturated carbocycles. The first-order valence-corrected chi connectivity index (χ1v) is 9.18. The van der Waals surface area contributed by atoms with E-state index in [1.54, 1.807) is 4.42 Å². The van der Waals surface area contributed by atoms with Gasteiger partial charge in [-0.3, -0.25) is 4.42 Å². The van der Waals surface area contributed by atoms with Crippen LogP contribution in [0, 0.1) is 0 Å². The highest BCUT2D eigenvalue weighted by molar-refractivity contribution is 6.15. The lowest BCUT2D eigenvalue weighted by molar-refractivity contribution is 0.192. The smallest absolute Gasteiger partial charge is 0.345 e. The Hall–Kier alpha value is -2.78. The van der Waals surface area contributed by atoms with Crippen LogP contribution < -0.4 is 9.91 Å². The Labute approximate surface area is 160 Å². The van der Waals surface area contributed by atoms with Crippen LogP contribution in [0.5, 0.6) is 0 Å². The molecule has 0 aliphatic carbocycles. The SMILES string of the molecule is ClN1C=C2N(C1)c1ccccc1C1=NCN(c3nc(C4CCOC4)no3)N21. The predicted octanol–water partition coefficient (Wildman–Crippen LogP) is 2.06. The van der Waals surface area contributed by atoms with Crippen LogP contribution in [0.1, 0.15) is 23.7 Å². The minimum Gasteiger partial charge on any atom is -0.381 e. The molecule has 0 amide bonds. The Morgan fingerprint density at radius 2 is 2.15 bits per heavy atom. The lowest BCUT2D eigenvalue weighted by Gasteiger charge is -2.38. The van der Waals surface area contributed by atoms with E-state index in [0.717, 1.165) is 35.9 Å². The average Bonchev–Trinajstić information content (AvgIpc) is 3.44. The van der Waals surface area contributed by atoms with Crippen molar-refractivity contribution in [1.29, 1.82) is 0 Å². The van der Waals surface area contributed by atoms with Crippen molar-refractivity contribution in [2.75, 3.05) is 36.5 Å². The van der Waals surface area contributed by atoms with E-state index in [2.05, 4.69) is 27.2 Å². The van der Waals surface area contributed by atoms with Gasteiger partial charge in [-0.15, -0.1) is 0 Å². The molecule has 0 bridgehead atoms. The van der Waals surface area contributed by atoms with Crippen molar-refractivity contribution in [3.05, 3.63) is 47.7 Å². The Bertz CT molecular complexity index is 968. The van der Waals surface area contributed by atoms with Crippen LogP contribution in [0.3, 0.4) is 0 Å². The summed E-state index contributed by atoms with van der Waals surface area (Å²) < 4.78 is 12.6. The summed E-state index contributed by atoms with van der Waals surface area (Å²) in [6.45, 7) is 2.33. The number of aromatic nitrogens is 2. The Balaban J connectivity index is 1.40. The molecule has 138 valence electrons. The van der Waals surface area contributed by atoms with Crippen molar-refractivity contribution >= 4 is 29.3 Å². The van der Waals surface area contributed by atoms with Crippen molar-refractivity contribution in [2.45, 2.75) is 12.3 Å². The van der Waals surface area contributed by atoms with Gasteiger partial charge >= 0.3 is 6.01 Å². The van der Waals surface area contributed by atoms with Crippen LogP contribution in [-0.2, 0) is 4.74 Å². The van der Waals surface area contributed by atoms with E-state index in [1.165, 1.54) is 0 Å². The summed E-state index contributed by atoms with van der Waals surface area (Å²) in [6.07, 6.45) is 2.80. The summed E-state index contributed by atoms with van der Waals surface area (Å²) in [5.41, 5.74) is 2.13. The number of anilines is 2. The van der Waals surface area contributed by atoms with Crippen molar-refractivity contribution in [1.82, 2.24) is 19.6 Å². The number of aliphatic imine (C=N–C) groups is 1. The summed E-state index contributed by atoms with van der Waals surface area (Å²) in [6, 6.07) is 8.59. The molecule has 4 aliphatic rings. The highest BCUT2D eigenvalue weighted by Gasteiger charge is 2.43. The quantitative estimate of drug-likeness (QED) is 0.727. The third-order valence-corrected chi connectivity index (χ3v) is 5.41. The first-order valence-electron chi connectivity index (χ1n) is 8.84. The fourth-order valence-corrected chi connectivity index (χ4v) is 4.10. The maximum absolute atomic E-state index is 6.29. The molecule has 0 N–H and O–H groups in total. The zero-order valence-electron chi connectivity index (χ0n) is 14.3. The number of hydrogen-bond donors (Lipinski definition) is 0. The van der Waals surface area contributed by atoms with E-state index in [4.69, 9.17) is 26.0 Å². The monoisotopic (exact) mass is 385 g/mol. The van der Waals surface area contributed by atoms with Crippen LogP contribution in [0.2, 0.25) is 0 Å². The molecule has 5 heterocycles. The third-order valence-electron chi connectivity index (χ3n) is 5.20. The second-order valence-corrected chi connectivity index (χ2v) is 7.24. The van der Waals surface area contributed by atoms with Gasteiger partial charge in [0.25, 0.3) is 0 Å². The molecule has 1 aromatic carbocycles. The van der Waals surface area contributed by atoms with Gasteiger partial charge in [0.05, 0.1) is 18.5 Å². The summed E-state index contributed by atoms with van der Waals surface area (Å²) in [4.78, 5) is 11.5. The third kappa shape index (κ3) is 2.18. The largest absolute Gasteiger partial charge is 0.381 e. The van der Waals surface area contributed by atoms with Gasteiger partial charge in [-0.05, 0) is 18.6 Å². The molecule has 1 fully saturated rings. The molecule has 0 radical (unpaired) electrons. The van der Waals surface area contributed by atoms with Gasteiger partial charge in [0, 0.05) is 29.9 Å². The van der Waals surface area contributed by atoms with E-state index in [1.807, 2.05) is 28.4 Å². The second-order valence-electron chi connectivity index (χ2n) is 6.80. The summed E-state index contributed by atoms with van der Waals surface area (Å²) in [7, 11) is 0. The van der Waals surface area contributed by atoms with Crippen molar-refractivity contribution in [3.8, 4) is 0 Å². The van der Waals surface area contributed by atoms with Crippen LogP contribution in [-0.4, -0.2) is 52.0 Å². The maximum Gasteiger partial charge on any atom is 0.345 e. The number of hydrogen-bond acceptors (Lipinski definition) is 9. The van der Waals surface area contributed by atoms with E-state index in [-0.39, 0.29) is 5.92 Å². The summed E-state index contributed by atoms with van der Waals surface area (Å²) >= 11 is 6.29. The number of halogens is 1. The first kappa shape index (κ1) is 15.3. The first-order chi connectivity index (χ1) is 13.3. The molecular formula is C17H16ClN7O2. The lowest BCUT2D eigenvalue weighted by atomic mass is 10.1. The number of nitrogens with zero attached hydrogens (tertiary/aromatic N) is 7. The normalized spacial score (nSPS) is 23.4. The van der Waals surface area contributed by atoms with Gasteiger partial charge in [0.1, 0.15) is 13.3 Å². The number of amidine groups is 1. The highest BCUT2D eigenvalue weighted by Crippen LogP contribution is 2.40. The van der Waals surface area contributed by atoms with Gasteiger partial charge in [-0.2, -0.15) is 4.98 Å². The number of hydrazine groups is 1. The molecule has 1 saturated heterocycles. The minimum atomic E-state index is 0.188. The van der Waals surface area contributed by atoms with Crippen molar-refractivity contribution in [2.24, 2.45) is 4.99 Å². The van der Waals surface area contributed by atoms with E-state index in [0.29, 0.717) is 31.8 Å². The van der Waals surface area contributed by atoms with Gasteiger partial charge in [0.2, 0.25) is 0 Å². The molecular weight excluding hydrogens is 370 g/mol. The topological polar surface area (TPSA) is 73.5 Å². The summed E-state index contributed by atoms with van der Waals surface area (Å²) in [5, 5.41) is 8.04. The number of benzene rings is 1. The standard InChI is InChI=1S/C17H16ClN7O2/c18-22-7-14-23(10-22)13-4-2-1-3-12(13)16-19-9-24(25(14)16)17-20-15(21-27-17)11-5-6-26-8-11/h1-4,7,11H,5-6,8-10H2. The Morgan fingerprint density at radius 1 is 1.22 bits per heavy atom. The van der Waals surface area contributed by atoms with Crippen LogP contribution in [0.4, 0.5) is 11.7 Å². The molecule has 10 heteroatoms. The van der Waals surface area contributed by atoms with Crippen molar-refractivity contribution in [3.63, 3.8) is 0 Å². The lowest BCUT2D eigenvalue weighted by Crippen LogP contribution is -2.49.